The van der Waals surface area contributed by atoms with Crippen LogP contribution in [0, 0.1) is 17.2 Å². The lowest BCUT2D eigenvalue weighted by Gasteiger charge is -2.33. The second-order valence-corrected chi connectivity index (χ2v) is 4.75. The fourth-order valence-corrected chi connectivity index (χ4v) is 2.57. The minimum absolute atomic E-state index is 0.283. The van der Waals surface area contributed by atoms with Gasteiger partial charge in [-0.05, 0) is 25.0 Å². The summed E-state index contributed by atoms with van der Waals surface area (Å²) in [5.41, 5.74) is 1.27. The molecule has 0 atom stereocenters. The topological polar surface area (TPSA) is 64.3 Å². The van der Waals surface area contributed by atoms with Crippen LogP contribution in [0.3, 0.4) is 0 Å². The number of benzene rings is 1. The highest BCUT2D eigenvalue weighted by atomic mass is 35.5. The molecule has 5 heteroatoms. The van der Waals surface area contributed by atoms with Crippen LogP contribution in [0.2, 0.25) is 5.02 Å². The lowest BCUT2D eigenvalue weighted by molar-refractivity contribution is -0.142. The second kappa shape index (κ2) is 5.28. The van der Waals surface area contributed by atoms with Gasteiger partial charge in [0.1, 0.15) is 6.07 Å². The van der Waals surface area contributed by atoms with Crippen molar-refractivity contribution in [3.05, 3.63) is 28.8 Å². The van der Waals surface area contributed by atoms with E-state index in [1.54, 1.807) is 18.2 Å². The molecule has 94 valence electrons. The summed E-state index contributed by atoms with van der Waals surface area (Å²) in [6.45, 7) is 1.24. The number of hydrogen-bond donors (Lipinski definition) is 1. The van der Waals surface area contributed by atoms with E-state index in [1.165, 1.54) is 0 Å². The number of anilines is 1. The number of nitriles is 1. The van der Waals surface area contributed by atoms with Gasteiger partial charge in [-0.2, -0.15) is 5.26 Å². The van der Waals surface area contributed by atoms with Gasteiger partial charge in [0.25, 0.3) is 0 Å². The Kier molecular flexibility index (Phi) is 3.73. The molecule has 1 heterocycles. The van der Waals surface area contributed by atoms with Crippen LogP contribution in [0.25, 0.3) is 0 Å². The first-order valence-corrected chi connectivity index (χ1v) is 6.17. The number of piperidine rings is 1. The van der Waals surface area contributed by atoms with Crippen molar-refractivity contribution >= 4 is 23.3 Å². The standard InChI is InChI=1S/C13H13ClN2O2/c14-11-3-1-2-10(8-15)12(11)16-6-4-9(5-7-16)13(17)18/h1-3,9H,4-7H2,(H,17,18). The zero-order chi connectivity index (χ0) is 13.1. The van der Waals surface area contributed by atoms with Crippen molar-refractivity contribution in [2.75, 3.05) is 18.0 Å². The number of para-hydroxylation sites is 1. The molecule has 1 aromatic rings. The molecule has 1 N–H and O–H groups in total. The Morgan fingerprint density at radius 1 is 1.44 bits per heavy atom. The first kappa shape index (κ1) is 12.7. The van der Waals surface area contributed by atoms with Crippen LogP contribution >= 0.6 is 11.6 Å². The average Bonchev–Trinajstić information content (AvgIpc) is 2.38. The van der Waals surface area contributed by atoms with E-state index in [1.807, 2.05) is 4.90 Å². The highest BCUT2D eigenvalue weighted by molar-refractivity contribution is 6.33. The Morgan fingerprint density at radius 2 is 2.11 bits per heavy atom. The summed E-state index contributed by atoms with van der Waals surface area (Å²) in [4.78, 5) is 12.9. The smallest absolute Gasteiger partial charge is 0.306 e. The summed E-state index contributed by atoms with van der Waals surface area (Å²) in [6.07, 6.45) is 1.18. The van der Waals surface area contributed by atoms with Gasteiger partial charge in [0.2, 0.25) is 0 Å². The van der Waals surface area contributed by atoms with Crippen molar-refractivity contribution in [2.24, 2.45) is 5.92 Å². The molecule has 1 aliphatic heterocycles. The van der Waals surface area contributed by atoms with E-state index in [0.29, 0.717) is 36.5 Å². The van der Waals surface area contributed by atoms with Crippen LogP contribution in [0.4, 0.5) is 5.69 Å². The quantitative estimate of drug-likeness (QED) is 0.891. The number of aliphatic carboxylic acids is 1. The molecule has 0 bridgehead atoms. The summed E-state index contributed by atoms with van der Waals surface area (Å²) in [6, 6.07) is 7.35. The number of rotatable bonds is 2. The number of hydrogen-bond acceptors (Lipinski definition) is 3. The summed E-state index contributed by atoms with van der Waals surface area (Å²) < 4.78 is 0. The molecule has 0 radical (unpaired) electrons. The average molecular weight is 265 g/mol. The van der Waals surface area contributed by atoms with Gasteiger partial charge in [-0.25, -0.2) is 0 Å². The van der Waals surface area contributed by atoms with Crippen molar-refractivity contribution in [3.8, 4) is 6.07 Å². The predicted molar refractivity (Wildman–Crippen MR) is 68.7 cm³/mol. The van der Waals surface area contributed by atoms with Crippen molar-refractivity contribution < 1.29 is 9.90 Å². The monoisotopic (exact) mass is 264 g/mol. The van der Waals surface area contributed by atoms with Gasteiger partial charge in [-0.3, -0.25) is 4.79 Å². The van der Waals surface area contributed by atoms with E-state index in [4.69, 9.17) is 22.0 Å². The number of nitrogens with zero attached hydrogens (tertiary/aromatic N) is 2. The third kappa shape index (κ3) is 2.41. The Labute approximate surface area is 110 Å². The van der Waals surface area contributed by atoms with Gasteiger partial charge < -0.3 is 10.0 Å². The van der Waals surface area contributed by atoms with Gasteiger partial charge in [-0.15, -0.1) is 0 Å². The molecule has 1 saturated heterocycles. The van der Waals surface area contributed by atoms with Gasteiger partial charge in [0.05, 0.1) is 22.2 Å². The van der Waals surface area contributed by atoms with E-state index in [-0.39, 0.29) is 5.92 Å². The van der Waals surface area contributed by atoms with Crippen molar-refractivity contribution in [1.82, 2.24) is 0 Å². The molecular formula is C13H13ClN2O2. The van der Waals surface area contributed by atoms with Gasteiger partial charge in [0.15, 0.2) is 0 Å². The first-order valence-electron chi connectivity index (χ1n) is 5.80. The lowest BCUT2D eigenvalue weighted by atomic mass is 9.96. The molecule has 2 rings (SSSR count). The summed E-state index contributed by atoms with van der Waals surface area (Å²) in [7, 11) is 0. The van der Waals surface area contributed by atoms with E-state index < -0.39 is 5.97 Å². The van der Waals surface area contributed by atoms with Crippen LogP contribution in [0.1, 0.15) is 18.4 Å². The molecule has 0 aromatic heterocycles. The summed E-state index contributed by atoms with van der Waals surface area (Å²) in [5.74, 6) is -1.02. The lowest BCUT2D eigenvalue weighted by Crippen LogP contribution is -2.36. The third-order valence-electron chi connectivity index (χ3n) is 3.27. The molecule has 18 heavy (non-hydrogen) atoms. The Bertz CT molecular complexity index is 502. The predicted octanol–water partition coefficient (Wildman–Crippen LogP) is 2.51. The van der Waals surface area contributed by atoms with E-state index in [2.05, 4.69) is 6.07 Å². The zero-order valence-corrected chi connectivity index (χ0v) is 10.5. The van der Waals surface area contributed by atoms with Crippen LogP contribution in [0.15, 0.2) is 18.2 Å². The Hall–Kier alpha value is -1.73. The first-order chi connectivity index (χ1) is 8.63. The van der Waals surface area contributed by atoms with Crippen LogP contribution in [-0.4, -0.2) is 24.2 Å². The van der Waals surface area contributed by atoms with E-state index in [0.717, 1.165) is 5.69 Å². The fourth-order valence-electron chi connectivity index (χ4n) is 2.28. The number of carboxylic acid groups (broad SMARTS) is 1. The number of carboxylic acids is 1. The Balaban J connectivity index is 2.20. The fraction of sp³-hybridized carbons (Fsp3) is 0.385. The number of halogens is 1. The van der Waals surface area contributed by atoms with Gasteiger partial charge in [-0.1, -0.05) is 17.7 Å². The SMILES string of the molecule is N#Cc1cccc(Cl)c1N1CCC(C(=O)O)CC1. The van der Waals surface area contributed by atoms with Crippen molar-refractivity contribution in [3.63, 3.8) is 0 Å². The second-order valence-electron chi connectivity index (χ2n) is 4.35. The molecule has 1 aromatic carbocycles. The molecule has 0 aliphatic carbocycles. The highest BCUT2D eigenvalue weighted by Gasteiger charge is 2.26. The highest BCUT2D eigenvalue weighted by Crippen LogP contribution is 2.32. The van der Waals surface area contributed by atoms with Gasteiger partial charge in [0, 0.05) is 13.1 Å². The summed E-state index contributed by atoms with van der Waals surface area (Å²) in [5, 5.41) is 18.6. The molecule has 1 aliphatic rings. The molecule has 1 fully saturated rings. The maximum atomic E-state index is 10.9. The van der Waals surface area contributed by atoms with Crippen molar-refractivity contribution in [1.29, 1.82) is 5.26 Å². The number of carbonyl (C=O) groups is 1. The maximum Gasteiger partial charge on any atom is 0.306 e. The molecule has 0 unspecified atom stereocenters. The molecular weight excluding hydrogens is 252 g/mol. The molecule has 0 spiro atoms. The summed E-state index contributed by atoms with van der Waals surface area (Å²) >= 11 is 6.13. The van der Waals surface area contributed by atoms with E-state index >= 15 is 0 Å². The normalized spacial score (nSPS) is 16.3. The molecule has 0 amide bonds. The minimum Gasteiger partial charge on any atom is -0.481 e. The molecule has 4 nitrogen and oxygen atoms in total. The maximum absolute atomic E-state index is 10.9. The van der Waals surface area contributed by atoms with Crippen LogP contribution in [-0.2, 0) is 4.79 Å². The zero-order valence-electron chi connectivity index (χ0n) is 9.77. The Morgan fingerprint density at radius 3 is 2.67 bits per heavy atom. The van der Waals surface area contributed by atoms with E-state index in [9.17, 15) is 4.79 Å². The third-order valence-corrected chi connectivity index (χ3v) is 3.57. The molecule has 0 saturated carbocycles. The largest absolute Gasteiger partial charge is 0.481 e. The minimum atomic E-state index is -0.741. The van der Waals surface area contributed by atoms with Crippen molar-refractivity contribution in [2.45, 2.75) is 12.8 Å². The van der Waals surface area contributed by atoms with Crippen LogP contribution in [0.5, 0.6) is 0 Å². The van der Waals surface area contributed by atoms with Gasteiger partial charge >= 0.3 is 5.97 Å². The van der Waals surface area contributed by atoms with Crippen LogP contribution < -0.4 is 4.90 Å².